The zero-order valence-corrected chi connectivity index (χ0v) is 12.7. The Morgan fingerprint density at radius 3 is 2.42 bits per heavy atom. The molecule has 0 amide bonds. The molecular weight excluding hydrogens is 298 g/mol. The van der Waals surface area contributed by atoms with Gasteiger partial charge in [0.2, 0.25) is 0 Å². The number of nitrogens with one attached hydrogen (secondary N) is 1. The Kier molecular flexibility index (Phi) is 3.46. The van der Waals surface area contributed by atoms with Gasteiger partial charge in [-0.25, -0.2) is 0 Å². The number of halogens is 1. The molecule has 0 bridgehead atoms. The van der Waals surface area contributed by atoms with E-state index in [-0.39, 0.29) is 5.41 Å². The SMILES string of the molecule is Cc1ccc(CC2(c3cccc(Br)c3)CNC2)cc1. The molecule has 1 heterocycles. The van der Waals surface area contributed by atoms with Gasteiger partial charge in [-0.2, -0.15) is 0 Å². The van der Waals surface area contributed by atoms with E-state index >= 15 is 0 Å². The van der Waals surface area contributed by atoms with Crippen molar-refractivity contribution in [2.75, 3.05) is 13.1 Å². The van der Waals surface area contributed by atoms with Gasteiger partial charge in [-0.15, -0.1) is 0 Å². The lowest BCUT2D eigenvalue weighted by molar-refractivity contribution is 0.274. The second-order valence-electron chi connectivity index (χ2n) is 5.56. The zero-order valence-electron chi connectivity index (χ0n) is 11.1. The predicted molar refractivity (Wildman–Crippen MR) is 83.6 cm³/mol. The molecule has 1 saturated heterocycles. The molecule has 1 fully saturated rings. The summed E-state index contributed by atoms with van der Waals surface area (Å²) >= 11 is 3.58. The lowest BCUT2D eigenvalue weighted by Gasteiger charge is -2.43. The van der Waals surface area contributed by atoms with E-state index in [0.29, 0.717) is 0 Å². The molecule has 19 heavy (non-hydrogen) atoms. The van der Waals surface area contributed by atoms with Crippen molar-refractivity contribution in [3.8, 4) is 0 Å². The molecule has 0 spiro atoms. The standard InChI is InChI=1S/C17H18BrN/c1-13-5-7-14(8-6-13)10-17(11-19-12-17)15-3-2-4-16(18)9-15/h2-9,19H,10-12H2,1H3. The van der Waals surface area contributed by atoms with Crippen molar-refractivity contribution in [2.24, 2.45) is 0 Å². The van der Waals surface area contributed by atoms with E-state index in [2.05, 4.69) is 76.7 Å². The van der Waals surface area contributed by atoms with Crippen molar-refractivity contribution in [3.63, 3.8) is 0 Å². The maximum Gasteiger partial charge on any atom is 0.0243 e. The van der Waals surface area contributed by atoms with E-state index in [0.717, 1.165) is 19.5 Å². The molecule has 1 aliphatic heterocycles. The van der Waals surface area contributed by atoms with Crippen LogP contribution in [0.4, 0.5) is 0 Å². The quantitative estimate of drug-likeness (QED) is 0.907. The monoisotopic (exact) mass is 315 g/mol. The highest BCUT2D eigenvalue weighted by atomic mass is 79.9. The van der Waals surface area contributed by atoms with Crippen LogP contribution in [-0.2, 0) is 11.8 Å². The number of aryl methyl sites for hydroxylation is 1. The Morgan fingerprint density at radius 2 is 1.84 bits per heavy atom. The van der Waals surface area contributed by atoms with Gasteiger partial charge in [0.25, 0.3) is 0 Å². The Hall–Kier alpha value is -1.12. The van der Waals surface area contributed by atoms with Crippen LogP contribution in [0.25, 0.3) is 0 Å². The summed E-state index contributed by atoms with van der Waals surface area (Å²) in [6.45, 7) is 4.27. The van der Waals surface area contributed by atoms with Gasteiger partial charge in [0.1, 0.15) is 0 Å². The number of benzene rings is 2. The first-order valence-corrected chi connectivity index (χ1v) is 7.50. The largest absolute Gasteiger partial charge is 0.315 e. The number of hydrogen-bond donors (Lipinski definition) is 1. The molecule has 0 radical (unpaired) electrons. The zero-order chi connectivity index (χ0) is 13.3. The molecule has 2 aromatic rings. The van der Waals surface area contributed by atoms with Crippen LogP contribution in [0.2, 0.25) is 0 Å². The van der Waals surface area contributed by atoms with E-state index in [1.54, 1.807) is 0 Å². The summed E-state index contributed by atoms with van der Waals surface area (Å²) in [7, 11) is 0. The fraction of sp³-hybridized carbons (Fsp3) is 0.294. The molecule has 98 valence electrons. The topological polar surface area (TPSA) is 12.0 Å². The molecule has 0 atom stereocenters. The van der Waals surface area contributed by atoms with Gasteiger partial charge in [-0.1, -0.05) is 57.9 Å². The summed E-state index contributed by atoms with van der Waals surface area (Å²) in [6, 6.07) is 17.7. The Labute approximate surface area is 123 Å². The van der Waals surface area contributed by atoms with Gasteiger partial charge in [-0.05, 0) is 36.6 Å². The van der Waals surface area contributed by atoms with Crippen molar-refractivity contribution >= 4 is 15.9 Å². The summed E-state index contributed by atoms with van der Waals surface area (Å²) in [5, 5.41) is 3.44. The van der Waals surface area contributed by atoms with Crippen molar-refractivity contribution < 1.29 is 0 Å². The van der Waals surface area contributed by atoms with Crippen LogP contribution < -0.4 is 5.32 Å². The van der Waals surface area contributed by atoms with Gasteiger partial charge in [0, 0.05) is 23.0 Å². The molecule has 0 saturated carbocycles. The summed E-state index contributed by atoms with van der Waals surface area (Å²) in [5.74, 6) is 0. The minimum Gasteiger partial charge on any atom is -0.315 e. The van der Waals surface area contributed by atoms with E-state index in [4.69, 9.17) is 0 Å². The van der Waals surface area contributed by atoms with Gasteiger partial charge in [0.05, 0.1) is 0 Å². The van der Waals surface area contributed by atoms with Gasteiger partial charge >= 0.3 is 0 Å². The van der Waals surface area contributed by atoms with Crippen LogP contribution in [-0.4, -0.2) is 13.1 Å². The third-order valence-corrected chi connectivity index (χ3v) is 4.52. The number of hydrogen-bond acceptors (Lipinski definition) is 1. The van der Waals surface area contributed by atoms with E-state index in [1.165, 1.54) is 21.2 Å². The third-order valence-electron chi connectivity index (χ3n) is 4.03. The maximum atomic E-state index is 3.58. The van der Waals surface area contributed by atoms with Crippen molar-refractivity contribution in [3.05, 3.63) is 69.7 Å². The molecule has 3 rings (SSSR count). The average Bonchev–Trinajstić information content (AvgIpc) is 2.36. The molecule has 0 aromatic heterocycles. The summed E-state index contributed by atoms with van der Waals surface area (Å²) in [4.78, 5) is 0. The Balaban J connectivity index is 1.89. The fourth-order valence-corrected chi connectivity index (χ4v) is 3.17. The Bertz CT molecular complexity index is 570. The lowest BCUT2D eigenvalue weighted by Crippen LogP contribution is -2.58. The molecule has 1 aliphatic rings. The summed E-state index contributed by atoms with van der Waals surface area (Å²) in [6.07, 6.45) is 1.11. The lowest BCUT2D eigenvalue weighted by atomic mass is 9.71. The molecule has 0 aliphatic carbocycles. The normalized spacial score (nSPS) is 16.9. The maximum absolute atomic E-state index is 3.58. The van der Waals surface area contributed by atoms with E-state index in [9.17, 15) is 0 Å². The predicted octanol–water partition coefficient (Wildman–Crippen LogP) is 3.84. The van der Waals surface area contributed by atoms with Gasteiger partial charge in [0.15, 0.2) is 0 Å². The van der Waals surface area contributed by atoms with E-state index < -0.39 is 0 Å². The second kappa shape index (κ2) is 5.10. The van der Waals surface area contributed by atoms with E-state index in [1.807, 2.05) is 0 Å². The third kappa shape index (κ3) is 2.60. The minimum atomic E-state index is 0.263. The molecule has 1 N–H and O–H groups in total. The smallest absolute Gasteiger partial charge is 0.0243 e. The molecule has 2 heteroatoms. The minimum absolute atomic E-state index is 0.263. The fourth-order valence-electron chi connectivity index (χ4n) is 2.77. The summed E-state index contributed by atoms with van der Waals surface area (Å²) in [5.41, 5.74) is 4.44. The van der Waals surface area contributed by atoms with Crippen LogP contribution in [0.3, 0.4) is 0 Å². The molecular formula is C17H18BrN. The highest BCUT2D eigenvalue weighted by molar-refractivity contribution is 9.10. The highest BCUT2D eigenvalue weighted by Gasteiger charge is 2.38. The van der Waals surface area contributed by atoms with Crippen LogP contribution in [0.5, 0.6) is 0 Å². The molecule has 2 aromatic carbocycles. The van der Waals surface area contributed by atoms with Crippen LogP contribution in [0.1, 0.15) is 16.7 Å². The summed E-state index contributed by atoms with van der Waals surface area (Å²) < 4.78 is 1.17. The van der Waals surface area contributed by atoms with Crippen molar-refractivity contribution in [2.45, 2.75) is 18.8 Å². The Morgan fingerprint density at radius 1 is 1.11 bits per heavy atom. The van der Waals surface area contributed by atoms with Crippen LogP contribution in [0.15, 0.2) is 53.0 Å². The molecule has 1 nitrogen and oxygen atoms in total. The molecule has 0 unspecified atom stereocenters. The van der Waals surface area contributed by atoms with Crippen LogP contribution in [0, 0.1) is 6.92 Å². The van der Waals surface area contributed by atoms with Gasteiger partial charge in [-0.3, -0.25) is 0 Å². The van der Waals surface area contributed by atoms with Crippen molar-refractivity contribution in [1.29, 1.82) is 0 Å². The first-order chi connectivity index (χ1) is 9.18. The first-order valence-electron chi connectivity index (χ1n) is 6.70. The second-order valence-corrected chi connectivity index (χ2v) is 6.47. The number of rotatable bonds is 3. The van der Waals surface area contributed by atoms with Crippen LogP contribution >= 0.6 is 15.9 Å². The van der Waals surface area contributed by atoms with Gasteiger partial charge < -0.3 is 5.32 Å². The average molecular weight is 316 g/mol. The highest BCUT2D eigenvalue weighted by Crippen LogP contribution is 2.33. The van der Waals surface area contributed by atoms with Crippen molar-refractivity contribution in [1.82, 2.24) is 5.32 Å². The first kappa shape index (κ1) is 12.9.